The van der Waals surface area contributed by atoms with Crippen LogP contribution in [0.5, 0.6) is 0 Å². The van der Waals surface area contributed by atoms with Crippen LogP contribution < -0.4 is 5.73 Å². The zero-order valence-corrected chi connectivity index (χ0v) is 14.4. The molecule has 1 atom stereocenters. The Morgan fingerprint density at radius 2 is 2.32 bits per heavy atom. The molecule has 1 saturated heterocycles. The molecule has 19 heavy (non-hydrogen) atoms. The van der Waals surface area contributed by atoms with Crippen molar-refractivity contribution in [1.29, 1.82) is 0 Å². The maximum Gasteiger partial charge on any atom is 0.252 e. The number of halogens is 2. The predicted octanol–water partition coefficient (Wildman–Crippen LogP) is 1.59. The maximum absolute atomic E-state index is 12.4. The van der Waals surface area contributed by atoms with Crippen LogP contribution in [-0.2, 0) is 14.8 Å². The van der Waals surface area contributed by atoms with Crippen LogP contribution in [0.3, 0.4) is 0 Å². The quantitative estimate of drug-likeness (QED) is 0.849. The van der Waals surface area contributed by atoms with Crippen LogP contribution in [0, 0.1) is 6.92 Å². The smallest absolute Gasteiger partial charge is 0.252 e. The van der Waals surface area contributed by atoms with E-state index in [9.17, 15) is 8.42 Å². The molecule has 0 aliphatic carbocycles. The number of nitrogens with zero attached hydrogens (tertiary/aromatic N) is 1. The average Bonchev–Trinajstić information content (AvgIpc) is 2.70. The fraction of sp³-hybridized carbons (Fsp3) is 0.600. The van der Waals surface area contributed by atoms with Crippen molar-refractivity contribution in [2.24, 2.45) is 5.73 Å². The highest BCUT2D eigenvalue weighted by Crippen LogP contribution is 2.32. The molecule has 0 bridgehead atoms. The maximum atomic E-state index is 12.4. The third-order valence-corrected chi connectivity index (χ3v) is 7.24. The van der Waals surface area contributed by atoms with Gasteiger partial charge in [-0.2, -0.15) is 4.31 Å². The lowest BCUT2D eigenvalue weighted by molar-refractivity contribution is 0.00456. The monoisotopic (exact) mass is 390 g/mol. The van der Waals surface area contributed by atoms with Gasteiger partial charge in [0.1, 0.15) is 4.21 Å². The van der Waals surface area contributed by atoms with Crippen molar-refractivity contribution in [1.82, 2.24) is 4.31 Å². The Labute approximate surface area is 131 Å². The first-order valence-electron chi connectivity index (χ1n) is 5.53. The van der Waals surface area contributed by atoms with Gasteiger partial charge in [0, 0.05) is 19.6 Å². The third-order valence-electron chi connectivity index (χ3n) is 2.79. The Bertz CT molecular complexity index is 515. The molecule has 2 N–H and O–H groups in total. The molecule has 1 aromatic rings. The van der Waals surface area contributed by atoms with E-state index in [0.717, 1.165) is 9.35 Å². The van der Waals surface area contributed by atoms with E-state index in [2.05, 4.69) is 15.9 Å². The molecular formula is C10H16BrClN2O3S2. The van der Waals surface area contributed by atoms with Crippen LogP contribution in [0.4, 0.5) is 0 Å². The fourth-order valence-corrected chi connectivity index (χ4v) is 5.58. The first-order chi connectivity index (χ1) is 8.45. The molecule has 1 unspecified atom stereocenters. The van der Waals surface area contributed by atoms with Crippen molar-refractivity contribution in [3.8, 4) is 0 Å². The van der Waals surface area contributed by atoms with E-state index in [0.29, 0.717) is 30.5 Å². The van der Waals surface area contributed by atoms with Crippen molar-refractivity contribution in [2.45, 2.75) is 17.2 Å². The summed E-state index contributed by atoms with van der Waals surface area (Å²) >= 11 is 4.59. The Morgan fingerprint density at radius 3 is 2.84 bits per heavy atom. The van der Waals surface area contributed by atoms with E-state index in [1.165, 1.54) is 15.6 Å². The molecule has 0 radical (unpaired) electrons. The van der Waals surface area contributed by atoms with E-state index in [4.69, 9.17) is 10.5 Å². The molecule has 0 amide bonds. The molecule has 1 aliphatic rings. The number of thiophene rings is 1. The minimum Gasteiger partial charge on any atom is -0.374 e. The molecule has 1 aromatic heterocycles. The van der Waals surface area contributed by atoms with Gasteiger partial charge in [0.15, 0.2) is 0 Å². The standard InChI is InChI=1S/C10H15BrN2O3S2.ClH/c1-7-4-9(17-10(7)11)18(14,15)13-2-3-16-8(5-12)6-13;/h4,8H,2-3,5-6,12H2,1H3;1H. The topological polar surface area (TPSA) is 72.6 Å². The van der Waals surface area contributed by atoms with Gasteiger partial charge in [0.25, 0.3) is 10.0 Å². The van der Waals surface area contributed by atoms with Crippen molar-refractivity contribution >= 4 is 49.7 Å². The van der Waals surface area contributed by atoms with Gasteiger partial charge in [-0.05, 0) is 34.5 Å². The lowest BCUT2D eigenvalue weighted by Gasteiger charge is -2.31. The van der Waals surface area contributed by atoms with Crippen LogP contribution in [0.2, 0.25) is 0 Å². The van der Waals surface area contributed by atoms with Crippen LogP contribution in [0.25, 0.3) is 0 Å². The highest BCUT2D eigenvalue weighted by Gasteiger charge is 2.31. The van der Waals surface area contributed by atoms with Gasteiger partial charge in [-0.25, -0.2) is 8.42 Å². The second kappa shape index (κ2) is 6.84. The Balaban J connectivity index is 0.00000180. The number of rotatable bonds is 3. The van der Waals surface area contributed by atoms with Gasteiger partial charge in [-0.1, -0.05) is 0 Å². The van der Waals surface area contributed by atoms with Gasteiger partial charge in [0.05, 0.1) is 16.5 Å². The zero-order chi connectivity index (χ0) is 13.3. The third kappa shape index (κ3) is 3.69. The van der Waals surface area contributed by atoms with E-state index in [-0.39, 0.29) is 18.5 Å². The van der Waals surface area contributed by atoms with Crippen molar-refractivity contribution in [2.75, 3.05) is 26.2 Å². The highest BCUT2D eigenvalue weighted by atomic mass is 79.9. The normalized spacial score (nSPS) is 21.1. The SMILES string of the molecule is Cc1cc(S(=O)(=O)N2CCOC(CN)C2)sc1Br.Cl. The summed E-state index contributed by atoms with van der Waals surface area (Å²) in [5.74, 6) is 0. The van der Waals surface area contributed by atoms with E-state index < -0.39 is 10.0 Å². The molecular weight excluding hydrogens is 376 g/mol. The van der Waals surface area contributed by atoms with E-state index in [1.54, 1.807) is 6.07 Å². The minimum absolute atomic E-state index is 0. The van der Waals surface area contributed by atoms with Crippen LogP contribution in [0.15, 0.2) is 14.1 Å². The summed E-state index contributed by atoms with van der Waals surface area (Å²) in [6, 6.07) is 1.69. The predicted molar refractivity (Wildman–Crippen MR) is 81.6 cm³/mol. The number of sulfonamides is 1. The fourth-order valence-electron chi connectivity index (χ4n) is 1.74. The van der Waals surface area contributed by atoms with Crippen molar-refractivity contribution in [3.63, 3.8) is 0 Å². The number of hydrogen-bond acceptors (Lipinski definition) is 5. The highest BCUT2D eigenvalue weighted by molar-refractivity contribution is 9.11. The Hall–Kier alpha value is 0.300. The van der Waals surface area contributed by atoms with Gasteiger partial charge < -0.3 is 10.5 Å². The van der Waals surface area contributed by atoms with Crippen LogP contribution in [0.1, 0.15) is 5.56 Å². The second-order valence-corrected chi connectivity index (χ2v) is 8.65. The van der Waals surface area contributed by atoms with E-state index in [1.807, 2.05) is 6.92 Å². The molecule has 0 aromatic carbocycles. The summed E-state index contributed by atoms with van der Waals surface area (Å²) in [6.07, 6.45) is -0.210. The Morgan fingerprint density at radius 1 is 1.63 bits per heavy atom. The summed E-state index contributed by atoms with van der Waals surface area (Å²) in [7, 11) is -3.42. The first-order valence-corrected chi connectivity index (χ1v) is 8.58. The molecule has 1 fully saturated rings. The lowest BCUT2D eigenvalue weighted by atomic mass is 10.3. The summed E-state index contributed by atoms with van der Waals surface area (Å²) in [5, 5.41) is 0. The molecule has 110 valence electrons. The van der Waals surface area contributed by atoms with Gasteiger partial charge in [-0.15, -0.1) is 23.7 Å². The van der Waals surface area contributed by atoms with Crippen LogP contribution in [-0.4, -0.2) is 45.1 Å². The molecule has 1 aliphatic heterocycles. The molecule has 5 nitrogen and oxygen atoms in total. The molecule has 0 spiro atoms. The number of hydrogen-bond donors (Lipinski definition) is 1. The lowest BCUT2D eigenvalue weighted by Crippen LogP contribution is -2.47. The summed E-state index contributed by atoms with van der Waals surface area (Å²) in [5.41, 5.74) is 6.46. The number of nitrogens with two attached hydrogens (primary N) is 1. The van der Waals surface area contributed by atoms with Crippen molar-refractivity contribution in [3.05, 3.63) is 15.4 Å². The Kier molecular flexibility index (Phi) is 6.25. The first kappa shape index (κ1) is 17.4. The molecule has 2 rings (SSSR count). The second-order valence-electron chi connectivity index (χ2n) is 4.11. The van der Waals surface area contributed by atoms with E-state index >= 15 is 0 Å². The van der Waals surface area contributed by atoms with Crippen LogP contribution >= 0.6 is 39.7 Å². The van der Waals surface area contributed by atoms with Gasteiger partial charge >= 0.3 is 0 Å². The number of morpholine rings is 1. The number of ether oxygens (including phenoxy) is 1. The zero-order valence-electron chi connectivity index (χ0n) is 10.3. The largest absolute Gasteiger partial charge is 0.374 e. The minimum atomic E-state index is -3.42. The molecule has 0 saturated carbocycles. The number of aryl methyl sites for hydroxylation is 1. The van der Waals surface area contributed by atoms with Crippen molar-refractivity contribution < 1.29 is 13.2 Å². The summed E-state index contributed by atoms with van der Waals surface area (Å²) in [6.45, 7) is 3.31. The average molecular weight is 392 g/mol. The summed E-state index contributed by atoms with van der Waals surface area (Å²) < 4.78 is 32.9. The summed E-state index contributed by atoms with van der Waals surface area (Å²) in [4.78, 5) is 0. The van der Waals surface area contributed by atoms with Gasteiger partial charge in [-0.3, -0.25) is 0 Å². The molecule has 2 heterocycles. The van der Waals surface area contributed by atoms with Gasteiger partial charge in [0.2, 0.25) is 0 Å². The molecule has 9 heteroatoms.